The molecular formula is C86H62N6. The third kappa shape index (κ3) is 8.85. The predicted molar refractivity (Wildman–Crippen MR) is 380 cm³/mol. The van der Waals surface area contributed by atoms with Crippen LogP contribution in [0.2, 0.25) is 0 Å². The Balaban J connectivity index is 0.000000141. The Labute approximate surface area is 535 Å². The van der Waals surface area contributed by atoms with Crippen LogP contribution in [-0.4, -0.2) is 29.1 Å². The molecule has 2 aliphatic rings. The lowest BCUT2D eigenvalue weighted by atomic mass is 9.80. The molecule has 6 nitrogen and oxygen atoms in total. The first kappa shape index (κ1) is 54.5. The van der Waals surface area contributed by atoms with Gasteiger partial charge in [0, 0.05) is 88.3 Å². The van der Waals surface area contributed by atoms with Gasteiger partial charge in [-0.25, -0.2) is 19.9 Å². The van der Waals surface area contributed by atoms with E-state index in [0.29, 0.717) is 0 Å². The number of nitrogens with zero attached hydrogens (tertiary/aromatic N) is 6. The van der Waals surface area contributed by atoms with Crippen LogP contribution in [0, 0.1) is 0 Å². The first-order valence-corrected chi connectivity index (χ1v) is 31.7. The SMILES string of the molecule is CC1(C)c2cc(-c3ccc(-n4c5ccccc5c5ccccc54)cc3)ccc2-c2nc(-c3ccccc3)nc(-c3ccccc3)c21.CC1(C)c2ccc(-c3ccc(-n4c5ccccc5c5ccccc54)cc3)cc2-c2nc(-c3ccccc3)nc(-c3ccccc3)c21. The second-order valence-corrected chi connectivity index (χ2v) is 25.3. The summed E-state index contributed by atoms with van der Waals surface area (Å²) in [6, 6.07) is 108. The highest BCUT2D eigenvalue weighted by atomic mass is 15.0. The molecule has 16 aromatic rings. The van der Waals surface area contributed by atoms with Crippen LogP contribution in [0.4, 0.5) is 0 Å². The van der Waals surface area contributed by atoms with Crippen molar-refractivity contribution in [2.45, 2.75) is 38.5 Å². The Morgan fingerprint density at radius 3 is 0.967 bits per heavy atom. The average Bonchev–Trinajstić information content (AvgIpc) is 1.98. The van der Waals surface area contributed by atoms with Crippen LogP contribution in [0.15, 0.2) is 303 Å². The molecule has 0 fully saturated rings. The van der Waals surface area contributed by atoms with Crippen molar-refractivity contribution >= 4 is 43.6 Å². The van der Waals surface area contributed by atoms with Crippen molar-refractivity contribution in [1.82, 2.24) is 29.1 Å². The van der Waals surface area contributed by atoms with Gasteiger partial charge in [-0.3, -0.25) is 0 Å². The van der Waals surface area contributed by atoms with E-state index in [2.05, 4.69) is 304 Å². The molecule has 0 atom stereocenters. The maximum absolute atomic E-state index is 5.27. The van der Waals surface area contributed by atoms with Gasteiger partial charge in [0.15, 0.2) is 11.6 Å². The van der Waals surface area contributed by atoms with Gasteiger partial charge < -0.3 is 9.13 Å². The van der Waals surface area contributed by atoms with Crippen molar-refractivity contribution in [2.75, 3.05) is 0 Å². The fourth-order valence-corrected chi connectivity index (χ4v) is 14.7. The maximum atomic E-state index is 5.27. The summed E-state index contributed by atoms with van der Waals surface area (Å²) in [7, 11) is 0. The zero-order chi connectivity index (χ0) is 61.7. The van der Waals surface area contributed by atoms with Crippen LogP contribution in [0.25, 0.3) is 145 Å². The van der Waals surface area contributed by atoms with Crippen molar-refractivity contribution in [3.8, 4) is 101 Å². The van der Waals surface area contributed by atoms with Gasteiger partial charge in [0.2, 0.25) is 0 Å². The minimum Gasteiger partial charge on any atom is -0.309 e. The average molecular weight is 1180 g/mol. The molecule has 0 saturated heterocycles. The van der Waals surface area contributed by atoms with Gasteiger partial charge in [-0.15, -0.1) is 0 Å². The predicted octanol–water partition coefficient (Wildman–Crippen LogP) is 21.8. The Morgan fingerprint density at radius 2 is 0.554 bits per heavy atom. The van der Waals surface area contributed by atoms with E-state index in [1.54, 1.807) is 0 Å². The lowest BCUT2D eigenvalue weighted by molar-refractivity contribution is 0.657. The highest BCUT2D eigenvalue weighted by Crippen LogP contribution is 2.54. The van der Waals surface area contributed by atoms with E-state index < -0.39 is 0 Å². The molecule has 0 bridgehead atoms. The zero-order valence-electron chi connectivity index (χ0n) is 51.6. The van der Waals surface area contributed by atoms with Gasteiger partial charge in [-0.05, 0) is 94.0 Å². The fourth-order valence-electron chi connectivity index (χ4n) is 14.7. The van der Waals surface area contributed by atoms with Crippen LogP contribution in [0.1, 0.15) is 49.9 Å². The van der Waals surface area contributed by atoms with Gasteiger partial charge in [-0.2, -0.15) is 0 Å². The number of para-hydroxylation sites is 4. The number of rotatable bonds is 8. The summed E-state index contributed by atoms with van der Waals surface area (Å²) < 4.78 is 4.73. The largest absolute Gasteiger partial charge is 0.309 e. The molecular weight excluding hydrogens is 1120 g/mol. The third-order valence-corrected chi connectivity index (χ3v) is 19.2. The molecule has 0 radical (unpaired) electrons. The number of benzene rings is 12. The van der Waals surface area contributed by atoms with E-state index in [1.807, 2.05) is 36.4 Å². The second-order valence-electron chi connectivity index (χ2n) is 25.3. The smallest absolute Gasteiger partial charge is 0.160 e. The van der Waals surface area contributed by atoms with Crippen molar-refractivity contribution in [3.05, 3.63) is 326 Å². The molecule has 0 saturated carbocycles. The monoisotopic (exact) mass is 1180 g/mol. The number of fused-ring (bicyclic) bond motifs is 12. The number of hydrogen-bond donors (Lipinski definition) is 0. The summed E-state index contributed by atoms with van der Waals surface area (Å²) in [5.74, 6) is 1.51. The van der Waals surface area contributed by atoms with Crippen molar-refractivity contribution in [3.63, 3.8) is 0 Å². The van der Waals surface area contributed by atoms with Gasteiger partial charge in [-0.1, -0.05) is 270 Å². The van der Waals surface area contributed by atoms with Crippen LogP contribution >= 0.6 is 0 Å². The van der Waals surface area contributed by atoms with Crippen LogP contribution < -0.4 is 0 Å². The maximum Gasteiger partial charge on any atom is 0.160 e. The molecule has 0 N–H and O–H groups in total. The fraction of sp³-hybridized carbons (Fsp3) is 0.0698. The van der Waals surface area contributed by atoms with Gasteiger partial charge in [0.05, 0.1) is 44.8 Å². The van der Waals surface area contributed by atoms with E-state index in [1.165, 1.54) is 99.2 Å². The molecule has 4 heterocycles. The summed E-state index contributed by atoms with van der Waals surface area (Å²) in [5.41, 5.74) is 27.0. The first-order valence-electron chi connectivity index (χ1n) is 31.7. The molecule has 0 spiro atoms. The Hall–Kier alpha value is -11.6. The van der Waals surface area contributed by atoms with Gasteiger partial charge in [0.1, 0.15) is 0 Å². The lowest BCUT2D eigenvalue weighted by Gasteiger charge is -2.24. The molecule has 4 aromatic heterocycles. The van der Waals surface area contributed by atoms with Crippen LogP contribution in [-0.2, 0) is 10.8 Å². The van der Waals surface area contributed by atoms with E-state index >= 15 is 0 Å². The minimum atomic E-state index is -0.274. The van der Waals surface area contributed by atoms with Crippen molar-refractivity contribution in [1.29, 1.82) is 0 Å². The van der Waals surface area contributed by atoms with Gasteiger partial charge >= 0.3 is 0 Å². The normalized spacial score (nSPS) is 13.2. The summed E-state index contributed by atoms with van der Waals surface area (Å²) in [5, 5.41) is 5.09. The van der Waals surface area contributed by atoms with E-state index in [9.17, 15) is 0 Å². The van der Waals surface area contributed by atoms with E-state index in [4.69, 9.17) is 19.9 Å². The third-order valence-electron chi connectivity index (χ3n) is 19.2. The molecule has 0 amide bonds. The summed E-state index contributed by atoms with van der Waals surface area (Å²) in [6.07, 6.45) is 0. The quantitative estimate of drug-likeness (QED) is 0.152. The standard InChI is InChI=1S/2C43H31N3/c1-43(2)36-26-23-31(28-21-24-32(25-22-28)46-37-19-11-9-17-33(37)34-18-10-12-20-38(34)46)27-35(36)41-39(43)40(29-13-5-3-6-14-29)44-42(45-41)30-15-7-4-8-16-30;1-43(2)36-27-31(28-21-24-32(25-22-28)46-37-19-11-9-17-33(37)34-18-10-12-20-38(34)46)23-26-35(36)41-39(43)40(29-13-5-3-6-14-29)44-42(45-41)30-15-7-4-8-16-30/h2*3-27H,1-2H3. The molecule has 2 aliphatic carbocycles. The van der Waals surface area contributed by atoms with Crippen molar-refractivity contribution < 1.29 is 0 Å². The van der Waals surface area contributed by atoms with E-state index in [-0.39, 0.29) is 10.8 Å². The topological polar surface area (TPSA) is 61.4 Å². The zero-order valence-corrected chi connectivity index (χ0v) is 51.6. The Kier molecular flexibility index (Phi) is 12.8. The highest BCUT2D eigenvalue weighted by Gasteiger charge is 2.42. The van der Waals surface area contributed by atoms with Crippen LogP contribution in [0.3, 0.4) is 0 Å². The molecule has 18 rings (SSSR count). The molecule has 6 heteroatoms. The lowest BCUT2D eigenvalue weighted by Crippen LogP contribution is -2.17. The summed E-state index contributed by atoms with van der Waals surface area (Å²) >= 11 is 0. The molecule has 0 aliphatic heterocycles. The molecule has 0 unspecified atom stereocenters. The highest BCUT2D eigenvalue weighted by molar-refractivity contribution is 6.10. The summed E-state index contributed by atoms with van der Waals surface area (Å²) in [4.78, 5) is 20.9. The minimum absolute atomic E-state index is 0.246. The van der Waals surface area contributed by atoms with Crippen LogP contribution in [0.5, 0.6) is 0 Å². The molecule has 92 heavy (non-hydrogen) atoms. The first-order chi connectivity index (χ1) is 45.2. The van der Waals surface area contributed by atoms with E-state index in [0.717, 1.165) is 68.1 Å². The van der Waals surface area contributed by atoms with Crippen molar-refractivity contribution in [2.24, 2.45) is 0 Å². The summed E-state index contributed by atoms with van der Waals surface area (Å²) in [6.45, 7) is 9.22. The Morgan fingerprint density at radius 1 is 0.239 bits per heavy atom. The molecule has 12 aromatic carbocycles. The second kappa shape index (κ2) is 21.6. The van der Waals surface area contributed by atoms with Gasteiger partial charge in [0.25, 0.3) is 0 Å². The molecule has 436 valence electrons. The Bertz CT molecular complexity index is 5420. The number of hydrogen-bond acceptors (Lipinski definition) is 4. The number of aromatic nitrogens is 6.